The zero-order valence-electron chi connectivity index (χ0n) is 16.2. The molecule has 2 fully saturated rings. The molecular weight excluding hydrogens is 366 g/mol. The summed E-state index contributed by atoms with van der Waals surface area (Å²) in [7, 11) is 1.53. The second-order valence-corrected chi connectivity index (χ2v) is 7.71. The van der Waals surface area contributed by atoms with E-state index >= 15 is 0 Å². The van der Waals surface area contributed by atoms with Gasteiger partial charge in [-0.05, 0) is 43.7 Å². The summed E-state index contributed by atoms with van der Waals surface area (Å²) < 4.78 is 5.25. The topological polar surface area (TPSA) is 79.5 Å². The number of rotatable bonds is 6. The third kappa shape index (κ3) is 5.14. The van der Waals surface area contributed by atoms with Crippen molar-refractivity contribution in [1.29, 1.82) is 0 Å². The van der Waals surface area contributed by atoms with E-state index in [-0.39, 0.29) is 36.2 Å². The Labute approximate surface area is 167 Å². The molecule has 2 saturated heterocycles. The molecule has 2 bridgehead atoms. The molecule has 0 radical (unpaired) electrons. The van der Waals surface area contributed by atoms with E-state index in [9.17, 15) is 9.59 Å². The van der Waals surface area contributed by atoms with Crippen molar-refractivity contribution in [3.05, 3.63) is 29.8 Å². The minimum atomic E-state index is -0.569. The summed E-state index contributed by atoms with van der Waals surface area (Å²) in [4.78, 5) is 25.5. The lowest BCUT2D eigenvalue weighted by molar-refractivity contribution is -0.124. The molecule has 3 atom stereocenters. The van der Waals surface area contributed by atoms with Crippen LogP contribution in [0.2, 0.25) is 0 Å². The van der Waals surface area contributed by atoms with Gasteiger partial charge in [0.2, 0.25) is 5.91 Å². The number of piperidine rings is 1. The fourth-order valence-corrected chi connectivity index (χ4v) is 4.05. The summed E-state index contributed by atoms with van der Waals surface area (Å²) in [6.07, 6.45) is 4.31. The number of hydrogen-bond acceptors (Lipinski definition) is 4. The molecule has 2 aliphatic rings. The second kappa shape index (κ2) is 9.42. The smallest absolute Gasteiger partial charge is 0.255 e. The first-order valence-electron chi connectivity index (χ1n) is 9.48. The monoisotopic (exact) mass is 395 g/mol. The molecule has 2 aliphatic heterocycles. The Hall–Kier alpha value is -1.79. The SMILES string of the molecule is COc1ccccc1C(=O)NC(C(=O)NC1CC2CCC(C1)N2)C(C)C.Cl. The molecule has 3 rings (SSSR count). The minimum Gasteiger partial charge on any atom is -0.496 e. The molecular formula is C20H30ClN3O3. The molecule has 0 saturated carbocycles. The largest absolute Gasteiger partial charge is 0.496 e. The maximum atomic E-state index is 12.8. The van der Waals surface area contributed by atoms with Crippen molar-refractivity contribution in [2.75, 3.05) is 7.11 Å². The molecule has 0 spiro atoms. The van der Waals surface area contributed by atoms with Gasteiger partial charge in [-0.25, -0.2) is 0 Å². The van der Waals surface area contributed by atoms with Gasteiger partial charge in [0.05, 0.1) is 12.7 Å². The van der Waals surface area contributed by atoms with Crippen molar-refractivity contribution < 1.29 is 14.3 Å². The molecule has 3 unspecified atom stereocenters. The summed E-state index contributed by atoms with van der Waals surface area (Å²) in [5.41, 5.74) is 0.438. The third-order valence-electron chi connectivity index (χ3n) is 5.41. The van der Waals surface area contributed by atoms with Gasteiger partial charge in [-0.1, -0.05) is 26.0 Å². The highest BCUT2D eigenvalue weighted by Crippen LogP contribution is 2.27. The van der Waals surface area contributed by atoms with Crippen LogP contribution in [0.3, 0.4) is 0 Å². The van der Waals surface area contributed by atoms with Crippen LogP contribution < -0.4 is 20.7 Å². The van der Waals surface area contributed by atoms with E-state index in [4.69, 9.17) is 4.74 Å². The summed E-state index contributed by atoms with van der Waals surface area (Å²) in [6.45, 7) is 3.89. The van der Waals surface area contributed by atoms with Crippen LogP contribution in [-0.2, 0) is 4.79 Å². The first-order valence-corrected chi connectivity index (χ1v) is 9.48. The molecule has 0 aliphatic carbocycles. The Bertz CT molecular complexity index is 656. The number of benzene rings is 1. The highest BCUT2D eigenvalue weighted by Gasteiger charge is 2.35. The van der Waals surface area contributed by atoms with Gasteiger partial charge >= 0.3 is 0 Å². The van der Waals surface area contributed by atoms with E-state index in [1.54, 1.807) is 18.2 Å². The van der Waals surface area contributed by atoms with Gasteiger partial charge in [0.1, 0.15) is 11.8 Å². The van der Waals surface area contributed by atoms with Crippen molar-refractivity contribution in [1.82, 2.24) is 16.0 Å². The first kappa shape index (κ1) is 21.5. The van der Waals surface area contributed by atoms with Crippen LogP contribution in [0.5, 0.6) is 5.75 Å². The average molecular weight is 396 g/mol. The molecule has 7 heteroatoms. The lowest BCUT2D eigenvalue weighted by atomic mass is 9.97. The maximum absolute atomic E-state index is 12.8. The number of carbonyl (C=O) groups is 2. The molecule has 1 aromatic carbocycles. The van der Waals surface area contributed by atoms with E-state index in [0.717, 1.165) is 12.8 Å². The number of amides is 2. The van der Waals surface area contributed by atoms with Crippen LogP contribution in [0.15, 0.2) is 24.3 Å². The third-order valence-corrected chi connectivity index (χ3v) is 5.41. The lowest BCUT2D eigenvalue weighted by Gasteiger charge is -2.31. The number of methoxy groups -OCH3 is 1. The Kier molecular flexibility index (Phi) is 7.50. The number of hydrogen-bond donors (Lipinski definition) is 3. The molecule has 2 heterocycles. The van der Waals surface area contributed by atoms with Crippen molar-refractivity contribution in [3.63, 3.8) is 0 Å². The Morgan fingerprint density at radius 1 is 1.15 bits per heavy atom. The number of fused-ring (bicyclic) bond motifs is 2. The van der Waals surface area contributed by atoms with E-state index in [1.165, 1.54) is 20.0 Å². The van der Waals surface area contributed by atoms with Gasteiger partial charge < -0.3 is 20.7 Å². The molecule has 150 valence electrons. The van der Waals surface area contributed by atoms with Crippen LogP contribution in [0.4, 0.5) is 0 Å². The van der Waals surface area contributed by atoms with Gasteiger partial charge in [0.15, 0.2) is 0 Å². The fraction of sp³-hybridized carbons (Fsp3) is 0.600. The van der Waals surface area contributed by atoms with Crippen molar-refractivity contribution in [3.8, 4) is 5.75 Å². The van der Waals surface area contributed by atoms with E-state index in [2.05, 4.69) is 16.0 Å². The number of carbonyl (C=O) groups excluding carboxylic acids is 2. The van der Waals surface area contributed by atoms with Crippen LogP contribution in [-0.4, -0.2) is 43.1 Å². The predicted octanol–water partition coefficient (Wildman–Crippen LogP) is 2.27. The summed E-state index contributed by atoms with van der Waals surface area (Å²) >= 11 is 0. The summed E-state index contributed by atoms with van der Waals surface area (Å²) in [5, 5.41) is 9.63. The quantitative estimate of drug-likeness (QED) is 0.690. The van der Waals surface area contributed by atoms with Gasteiger partial charge in [0.25, 0.3) is 5.91 Å². The number of para-hydroxylation sites is 1. The minimum absolute atomic E-state index is 0. The van der Waals surface area contributed by atoms with Crippen molar-refractivity contribution >= 4 is 24.2 Å². The second-order valence-electron chi connectivity index (χ2n) is 7.71. The highest BCUT2D eigenvalue weighted by atomic mass is 35.5. The summed E-state index contributed by atoms with van der Waals surface area (Å²) in [5.74, 6) is 0.103. The van der Waals surface area contributed by atoms with Gasteiger partial charge in [0, 0.05) is 18.1 Å². The maximum Gasteiger partial charge on any atom is 0.255 e. The average Bonchev–Trinajstić information content (AvgIpc) is 2.97. The first-order chi connectivity index (χ1) is 12.5. The molecule has 3 N–H and O–H groups in total. The van der Waals surface area contributed by atoms with Crippen LogP contribution in [0.1, 0.15) is 49.9 Å². The lowest BCUT2D eigenvalue weighted by Crippen LogP contribution is -2.55. The van der Waals surface area contributed by atoms with Crippen LogP contribution in [0.25, 0.3) is 0 Å². The van der Waals surface area contributed by atoms with E-state index < -0.39 is 6.04 Å². The zero-order valence-corrected chi connectivity index (χ0v) is 17.0. The van der Waals surface area contributed by atoms with E-state index in [0.29, 0.717) is 23.4 Å². The number of nitrogens with one attached hydrogen (secondary N) is 3. The van der Waals surface area contributed by atoms with Gasteiger partial charge in [-0.15, -0.1) is 12.4 Å². The summed E-state index contributed by atoms with van der Waals surface area (Å²) in [6, 6.07) is 7.68. The molecule has 0 aromatic heterocycles. The van der Waals surface area contributed by atoms with Gasteiger partial charge in [-0.3, -0.25) is 9.59 Å². The molecule has 6 nitrogen and oxygen atoms in total. The number of halogens is 1. The van der Waals surface area contributed by atoms with Crippen LogP contribution >= 0.6 is 12.4 Å². The number of ether oxygens (including phenoxy) is 1. The Morgan fingerprint density at radius 2 is 1.78 bits per heavy atom. The molecule has 27 heavy (non-hydrogen) atoms. The fourth-order valence-electron chi connectivity index (χ4n) is 4.05. The normalized spacial score (nSPS) is 24.7. The Morgan fingerprint density at radius 3 is 2.37 bits per heavy atom. The molecule has 1 aromatic rings. The van der Waals surface area contributed by atoms with E-state index in [1.807, 2.05) is 19.9 Å². The highest BCUT2D eigenvalue weighted by molar-refractivity contribution is 5.99. The van der Waals surface area contributed by atoms with Crippen LogP contribution in [0, 0.1) is 5.92 Å². The van der Waals surface area contributed by atoms with Crippen molar-refractivity contribution in [2.45, 2.75) is 63.7 Å². The van der Waals surface area contributed by atoms with Crippen molar-refractivity contribution in [2.24, 2.45) is 5.92 Å². The zero-order chi connectivity index (χ0) is 18.7. The van der Waals surface area contributed by atoms with Gasteiger partial charge in [-0.2, -0.15) is 0 Å². The molecule has 2 amide bonds. The Balaban J connectivity index is 0.00000261. The standard InChI is InChI=1S/C20H29N3O3.ClH/c1-12(2)18(23-19(24)16-6-4-5-7-17(16)26-3)20(25)22-15-10-13-8-9-14(11-15)21-13;/h4-7,12-15,18,21H,8-11H2,1-3H3,(H,22,25)(H,23,24);1H. The predicted molar refractivity (Wildman–Crippen MR) is 107 cm³/mol.